The molecule has 1 aromatic carbocycles. The van der Waals surface area contributed by atoms with Crippen LogP contribution >= 0.6 is 11.6 Å². The van der Waals surface area contributed by atoms with Crippen molar-refractivity contribution in [3.63, 3.8) is 0 Å². The first kappa shape index (κ1) is 15.1. The van der Waals surface area contributed by atoms with Crippen molar-refractivity contribution >= 4 is 17.3 Å². The highest BCUT2D eigenvalue weighted by molar-refractivity contribution is 6.33. The van der Waals surface area contributed by atoms with E-state index in [4.69, 9.17) is 11.6 Å². The third-order valence-corrected chi connectivity index (χ3v) is 4.23. The van der Waals surface area contributed by atoms with Gasteiger partial charge in [-0.15, -0.1) is 0 Å². The van der Waals surface area contributed by atoms with Crippen LogP contribution in [-0.4, -0.2) is 34.1 Å². The summed E-state index contributed by atoms with van der Waals surface area (Å²) in [5, 5.41) is 14.2. The van der Waals surface area contributed by atoms with Crippen LogP contribution in [0.25, 0.3) is 0 Å². The normalized spacial score (nSPS) is 18.5. The second-order valence-corrected chi connectivity index (χ2v) is 5.91. The monoisotopic (exact) mass is 319 g/mol. The quantitative estimate of drug-likeness (QED) is 0.939. The van der Waals surface area contributed by atoms with Crippen LogP contribution in [0.4, 0.5) is 5.69 Å². The predicted octanol–water partition coefficient (Wildman–Crippen LogP) is 1.91. The van der Waals surface area contributed by atoms with E-state index in [2.05, 4.69) is 5.10 Å². The number of rotatable bonds is 3. The number of hydrogen-bond acceptors (Lipinski definition) is 4. The Kier molecular flexibility index (Phi) is 4.45. The standard InChI is InChI=1S/C16H18ClN3O2/c17-15-14(19-8-4-7-13(21)11-19)9-18-20(16(15)22)10-12-5-2-1-3-6-12/h1-3,5-6,9,13,21H,4,7-8,10-11H2/t13-/m0/s1. The molecule has 1 aliphatic heterocycles. The number of aliphatic hydroxyl groups excluding tert-OH is 1. The second kappa shape index (κ2) is 6.50. The van der Waals surface area contributed by atoms with Crippen LogP contribution in [0.3, 0.4) is 0 Å². The number of aliphatic hydroxyl groups is 1. The van der Waals surface area contributed by atoms with Gasteiger partial charge in [0.25, 0.3) is 5.56 Å². The molecule has 0 amide bonds. The molecule has 1 N–H and O–H groups in total. The lowest BCUT2D eigenvalue weighted by Gasteiger charge is -2.32. The minimum atomic E-state index is -0.378. The summed E-state index contributed by atoms with van der Waals surface area (Å²) >= 11 is 6.25. The first-order valence-electron chi connectivity index (χ1n) is 7.37. The lowest BCUT2D eigenvalue weighted by atomic mass is 10.1. The van der Waals surface area contributed by atoms with E-state index in [0.29, 0.717) is 18.8 Å². The van der Waals surface area contributed by atoms with Gasteiger partial charge in [-0.3, -0.25) is 4.79 Å². The molecule has 1 fully saturated rings. The minimum Gasteiger partial charge on any atom is -0.391 e. The number of hydrogen-bond donors (Lipinski definition) is 1. The number of β-amino-alcohol motifs (C(OH)–C–C–N with tert-alkyl or cyclic N) is 1. The fourth-order valence-corrected chi connectivity index (χ4v) is 2.99. The maximum atomic E-state index is 12.4. The van der Waals surface area contributed by atoms with E-state index in [-0.39, 0.29) is 16.7 Å². The van der Waals surface area contributed by atoms with E-state index in [1.807, 2.05) is 35.2 Å². The summed E-state index contributed by atoms with van der Waals surface area (Å²) in [5.74, 6) is 0. The molecule has 0 saturated carbocycles. The summed E-state index contributed by atoms with van der Waals surface area (Å²) in [7, 11) is 0. The average Bonchev–Trinajstić information content (AvgIpc) is 2.53. The lowest BCUT2D eigenvalue weighted by molar-refractivity contribution is 0.154. The zero-order valence-electron chi connectivity index (χ0n) is 12.2. The molecule has 5 nitrogen and oxygen atoms in total. The van der Waals surface area contributed by atoms with Crippen LogP contribution < -0.4 is 10.5 Å². The molecule has 0 bridgehead atoms. The topological polar surface area (TPSA) is 58.4 Å². The van der Waals surface area contributed by atoms with Gasteiger partial charge in [0.2, 0.25) is 0 Å². The largest absolute Gasteiger partial charge is 0.391 e. The summed E-state index contributed by atoms with van der Waals surface area (Å²) < 4.78 is 1.36. The van der Waals surface area contributed by atoms with Gasteiger partial charge in [0.1, 0.15) is 5.02 Å². The summed E-state index contributed by atoms with van der Waals surface area (Å²) in [4.78, 5) is 14.3. The van der Waals surface area contributed by atoms with Crippen LogP contribution in [0.5, 0.6) is 0 Å². The number of benzene rings is 1. The number of aromatic nitrogens is 2. The van der Waals surface area contributed by atoms with Gasteiger partial charge in [0.15, 0.2) is 0 Å². The van der Waals surface area contributed by atoms with Crippen molar-refractivity contribution in [2.24, 2.45) is 0 Å². The van der Waals surface area contributed by atoms with Gasteiger partial charge in [-0.1, -0.05) is 41.9 Å². The summed E-state index contributed by atoms with van der Waals surface area (Å²) in [5.41, 5.74) is 1.30. The third-order valence-electron chi connectivity index (χ3n) is 3.88. The smallest absolute Gasteiger partial charge is 0.287 e. The zero-order chi connectivity index (χ0) is 15.5. The molecule has 2 aromatic rings. The molecule has 0 spiro atoms. The van der Waals surface area contributed by atoms with Crippen molar-refractivity contribution in [3.05, 3.63) is 57.5 Å². The Morgan fingerprint density at radius 3 is 2.82 bits per heavy atom. The highest BCUT2D eigenvalue weighted by atomic mass is 35.5. The molecule has 1 aromatic heterocycles. The number of piperidine rings is 1. The Hall–Kier alpha value is -1.85. The fourth-order valence-electron chi connectivity index (χ4n) is 2.72. The highest BCUT2D eigenvalue weighted by Gasteiger charge is 2.22. The molecular formula is C16H18ClN3O2. The fraction of sp³-hybridized carbons (Fsp3) is 0.375. The molecule has 116 valence electrons. The van der Waals surface area contributed by atoms with Crippen LogP contribution in [0.15, 0.2) is 41.3 Å². The molecule has 0 aliphatic carbocycles. The van der Waals surface area contributed by atoms with Crippen molar-refractivity contribution in [3.8, 4) is 0 Å². The van der Waals surface area contributed by atoms with Crippen LogP contribution in [0.2, 0.25) is 5.02 Å². The van der Waals surface area contributed by atoms with E-state index >= 15 is 0 Å². The minimum absolute atomic E-state index is 0.167. The summed E-state index contributed by atoms with van der Waals surface area (Å²) in [6, 6.07) is 9.65. The highest BCUT2D eigenvalue weighted by Crippen LogP contribution is 2.24. The van der Waals surface area contributed by atoms with Gasteiger partial charge >= 0.3 is 0 Å². The maximum absolute atomic E-state index is 12.4. The molecule has 6 heteroatoms. The van der Waals surface area contributed by atoms with Crippen LogP contribution in [0, 0.1) is 0 Å². The van der Waals surface area contributed by atoms with Crippen molar-refractivity contribution in [1.82, 2.24) is 9.78 Å². The average molecular weight is 320 g/mol. The van der Waals surface area contributed by atoms with Crippen molar-refractivity contribution in [2.75, 3.05) is 18.0 Å². The maximum Gasteiger partial charge on any atom is 0.287 e. The number of nitrogens with zero attached hydrogens (tertiary/aromatic N) is 3. The summed E-state index contributed by atoms with van der Waals surface area (Å²) in [6.45, 7) is 1.66. The van der Waals surface area contributed by atoms with Crippen molar-refractivity contribution in [2.45, 2.75) is 25.5 Å². The molecule has 2 heterocycles. The van der Waals surface area contributed by atoms with Gasteiger partial charge in [0.05, 0.1) is 24.5 Å². The molecule has 1 atom stereocenters. The molecule has 0 unspecified atom stereocenters. The Morgan fingerprint density at radius 1 is 1.32 bits per heavy atom. The van der Waals surface area contributed by atoms with Crippen molar-refractivity contribution < 1.29 is 5.11 Å². The second-order valence-electron chi connectivity index (χ2n) is 5.53. The SMILES string of the molecule is O=c1c(Cl)c(N2CCC[C@H](O)C2)cnn1Cc1ccccc1. The molecule has 22 heavy (non-hydrogen) atoms. The Morgan fingerprint density at radius 2 is 2.09 bits per heavy atom. The Labute approximate surface area is 133 Å². The Bertz CT molecular complexity index is 702. The van der Waals surface area contributed by atoms with E-state index in [1.54, 1.807) is 6.20 Å². The number of halogens is 1. The molecular weight excluding hydrogens is 302 g/mol. The van der Waals surface area contributed by atoms with Gasteiger partial charge in [-0.2, -0.15) is 5.10 Å². The van der Waals surface area contributed by atoms with E-state index in [1.165, 1.54) is 4.68 Å². The van der Waals surface area contributed by atoms with Crippen molar-refractivity contribution in [1.29, 1.82) is 0 Å². The molecule has 3 rings (SSSR count). The van der Waals surface area contributed by atoms with Gasteiger partial charge in [-0.05, 0) is 18.4 Å². The van der Waals surface area contributed by atoms with E-state index in [9.17, 15) is 9.90 Å². The first-order chi connectivity index (χ1) is 10.6. The summed E-state index contributed by atoms with van der Waals surface area (Å²) in [6.07, 6.45) is 2.90. The number of anilines is 1. The predicted molar refractivity (Wildman–Crippen MR) is 86.5 cm³/mol. The van der Waals surface area contributed by atoms with Gasteiger partial charge in [0, 0.05) is 13.1 Å². The molecule has 1 aliphatic rings. The Balaban J connectivity index is 1.87. The van der Waals surface area contributed by atoms with E-state index < -0.39 is 0 Å². The van der Waals surface area contributed by atoms with Crippen LogP contribution in [0.1, 0.15) is 18.4 Å². The zero-order valence-corrected chi connectivity index (χ0v) is 12.9. The van der Waals surface area contributed by atoms with Gasteiger partial charge < -0.3 is 10.0 Å². The first-order valence-corrected chi connectivity index (χ1v) is 7.75. The van der Waals surface area contributed by atoms with E-state index in [0.717, 1.165) is 24.9 Å². The van der Waals surface area contributed by atoms with Gasteiger partial charge in [-0.25, -0.2) is 4.68 Å². The lowest BCUT2D eigenvalue weighted by Crippen LogP contribution is -2.39. The molecule has 1 saturated heterocycles. The molecule has 0 radical (unpaired) electrons. The third kappa shape index (κ3) is 3.15. The van der Waals surface area contributed by atoms with Crippen LogP contribution in [-0.2, 0) is 6.54 Å².